The summed E-state index contributed by atoms with van der Waals surface area (Å²) < 4.78 is 5.20. The zero-order valence-corrected chi connectivity index (χ0v) is 14.1. The number of nitrogens with zero attached hydrogens (tertiary/aromatic N) is 4. The molecule has 9 heteroatoms. The Labute approximate surface area is 143 Å². The summed E-state index contributed by atoms with van der Waals surface area (Å²) in [5, 5.41) is 14.9. The van der Waals surface area contributed by atoms with Gasteiger partial charge in [0.2, 0.25) is 0 Å². The van der Waals surface area contributed by atoms with Crippen molar-refractivity contribution < 1.29 is 9.53 Å². The van der Waals surface area contributed by atoms with Gasteiger partial charge in [0.15, 0.2) is 0 Å². The summed E-state index contributed by atoms with van der Waals surface area (Å²) >= 11 is 12.0. The first-order valence-electron chi connectivity index (χ1n) is 6.83. The molecule has 0 aliphatic rings. The van der Waals surface area contributed by atoms with Crippen molar-refractivity contribution in [2.24, 2.45) is 0 Å². The van der Waals surface area contributed by atoms with Crippen molar-refractivity contribution in [1.29, 1.82) is 0 Å². The summed E-state index contributed by atoms with van der Waals surface area (Å²) in [5.41, 5.74) is 0.586. The van der Waals surface area contributed by atoms with E-state index < -0.39 is 5.91 Å². The summed E-state index contributed by atoms with van der Waals surface area (Å²) in [6, 6.07) is 3.21. The van der Waals surface area contributed by atoms with Crippen LogP contribution in [0.2, 0.25) is 10.0 Å². The number of rotatable bonds is 6. The van der Waals surface area contributed by atoms with E-state index in [0.717, 1.165) is 6.42 Å². The van der Waals surface area contributed by atoms with Gasteiger partial charge in [0.05, 0.1) is 18.7 Å². The molecule has 0 saturated heterocycles. The van der Waals surface area contributed by atoms with Crippen molar-refractivity contribution in [2.75, 3.05) is 12.4 Å². The third-order valence-electron chi connectivity index (χ3n) is 2.77. The third kappa shape index (κ3) is 4.67. The van der Waals surface area contributed by atoms with Crippen LogP contribution >= 0.6 is 23.2 Å². The number of carbonyl (C=O) groups excluding carboxylic acids is 1. The van der Waals surface area contributed by atoms with Crippen molar-refractivity contribution in [1.82, 2.24) is 20.2 Å². The Morgan fingerprint density at radius 1 is 1.43 bits per heavy atom. The highest BCUT2D eigenvalue weighted by Gasteiger charge is 2.09. The Balaban J connectivity index is 2.08. The molecular formula is C14H15Cl2N5O2. The highest BCUT2D eigenvalue weighted by atomic mass is 35.5. The number of anilines is 1. The largest absolute Gasteiger partial charge is 0.495 e. The highest BCUT2D eigenvalue weighted by molar-refractivity contribution is 6.36. The van der Waals surface area contributed by atoms with E-state index in [-0.39, 0.29) is 5.95 Å². The van der Waals surface area contributed by atoms with E-state index in [0.29, 0.717) is 27.9 Å². The van der Waals surface area contributed by atoms with Crippen LogP contribution in [-0.2, 0) is 11.3 Å². The van der Waals surface area contributed by atoms with Gasteiger partial charge < -0.3 is 4.74 Å². The number of ether oxygens (including phenoxy) is 1. The first kappa shape index (κ1) is 17.2. The number of aromatic nitrogens is 4. The van der Waals surface area contributed by atoms with Crippen LogP contribution in [0.3, 0.4) is 0 Å². The predicted octanol–water partition coefficient (Wildman–Crippen LogP) is 3.05. The van der Waals surface area contributed by atoms with Gasteiger partial charge >= 0.3 is 0 Å². The van der Waals surface area contributed by atoms with Crippen molar-refractivity contribution >= 4 is 41.1 Å². The lowest BCUT2D eigenvalue weighted by molar-refractivity contribution is -0.111. The molecule has 0 unspecified atom stereocenters. The molecule has 0 atom stereocenters. The maximum absolute atomic E-state index is 11.9. The van der Waals surface area contributed by atoms with E-state index in [9.17, 15) is 4.79 Å². The molecule has 0 fully saturated rings. The molecular weight excluding hydrogens is 341 g/mol. The monoisotopic (exact) mass is 355 g/mol. The minimum absolute atomic E-state index is 0.143. The topological polar surface area (TPSA) is 81.9 Å². The zero-order chi connectivity index (χ0) is 16.8. The summed E-state index contributed by atoms with van der Waals surface area (Å²) in [6.07, 6.45) is 3.73. The van der Waals surface area contributed by atoms with Crippen LogP contribution in [0.25, 0.3) is 6.08 Å². The number of benzene rings is 1. The number of methoxy groups -OCH3 is 1. The van der Waals surface area contributed by atoms with Crippen LogP contribution in [0.5, 0.6) is 5.75 Å². The second-order valence-electron chi connectivity index (χ2n) is 4.54. The fourth-order valence-corrected chi connectivity index (χ4v) is 2.41. The fourth-order valence-electron chi connectivity index (χ4n) is 1.82. The van der Waals surface area contributed by atoms with Gasteiger partial charge in [0.1, 0.15) is 5.75 Å². The highest BCUT2D eigenvalue weighted by Crippen LogP contribution is 2.32. The van der Waals surface area contributed by atoms with E-state index in [1.807, 2.05) is 6.92 Å². The average Bonchev–Trinajstić information content (AvgIpc) is 2.92. The van der Waals surface area contributed by atoms with Crippen molar-refractivity contribution in [3.63, 3.8) is 0 Å². The third-order valence-corrected chi connectivity index (χ3v) is 3.27. The second kappa shape index (κ2) is 7.94. The molecule has 0 bridgehead atoms. The molecule has 1 aromatic heterocycles. The maximum atomic E-state index is 11.9. The van der Waals surface area contributed by atoms with Crippen molar-refractivity contribution in [2.45, 2.75) is 19.9 Å². The molecule has 0 aliphatic carbocycles. The quantitative estimate of drug-likeness (QED) is 0.805. The average molecular weight is 356 g/mol. The Hall–Kier alpha value is -2.12. The summed E-state index contributed by atoms with van der Waals surface area (Å²) in [6.45, 7) is 2.63. The fraction of sp³-hybridized carbons (Fsp3) is 0.286. The van der Waals surface area contributed by atoms with Crippen molar-refractivity contribution in [3.05, 3.63) is 33.8 Å². The molecule has 1 amide bonds. The van der Waals surface area contributed by atoms with Crippen LogP contribution in [0.1, 0.15) is 18.9 Å². The van der Waals surface area contributed by atoms with Crippen LogP contribution in [0, 0.1) is 0 Å². The van der Waals surface area contributed by atoms with Gasteiger partial charge in [-0.1, -0.05) is 35.2 Å². The SMILES string of the molecule is CCCn1nnc(NC(=O)/C=C/c2cc(Cl)cc(Cl)c2OC)n1. The van der Waals surface area contributed by atoms with Crippen LogP contribution in [-0.4, -0.2) is 33.2 Å². The second-order valence-corrected chi connectivity index (χ2v) is 5.39. The van der Waals surface area contributed by atoms with E-state index in [4.69, 9.17) is 27.9 Å². The van der Waals surface area contributed by atoms with E-state index in [1.54, 1.807) is 18.2 Å². The van der Waals surface area contributed by atoms with Gasteiger partial charge in [0.25, 0.3) is 11.9 Å². The number of carbonyl (C=O) groups is 1. The molecule has 23 heavy (non-hydrogen) atoms. The van der Waals surface area contributed by atoms with Crippen LogP contribution in [0.4, 0.5) is 5.95 Å². The van der Waals surface area contributed by atoms with Gasteiger partial charge in [-0.15, -0.1) is 5.10 Å². The Morgan fingerprint density at radius 2 is 2.22 bits per heavy atom. The minimum Gasteiger partial charge on any atom is -0.495 e. The molecule has 0 radical (unpaired) electrons. The summed E-state index contributed by atoms with van der Waals surface area (Å²) in [7, 11) is 1.49. The van der Waals surface area contributed by atoms with Crippen LogP contribution < -0.4 is 10.1 Å². The van der Waals surface area contributed by atoms with E-state index in [2.05, 4.69) is 20.7 Å². The molecule has 0 aliphatic heterocycles. The molecule has 1 heterocycles. The van der Waals surface area contributed by atoms with Gasteiger partial charge in [0, 0.05) is 16.7 Å². The van der Waals surface area contributed by atoms with Crippen molar-refractivity contribution in [3.8, 4) is 5.75 Å². The number of aryl methyl sites for hydroxylation is 1. The molecule has 7 nitrogen and oxygen atoms in total. The number of hydrogen-bond acceptors (Lipinski definition) is 5. The minimum atomic E-state index is -0.404. The maximum Gasteiger partial charge on any atom is 0.270 e. The Kier molecular flexibility index (Phi) is 5.95. The molecule has 122 valence electrons. The van der Waals surface area contributed by atoms with Gasteiger partial charge in [-0.25, -0.2) is 0 Å². The lowest BCUT2D eigenvalue weighted by Crippen LogP contribution is -2.10. The number of nitrogens with one attached hydrogen (secondary N) is 1. The lowest BCUT2D eigenvalue weighted by Gasteiger charge is -2.07. The van der Waals surface area contributed by atoms with Gasteiger partial charge in [-0.2, -0.15) is 4.80 Å². The number of amides is 1. The summed E-state index contributed by atoms with van der Waals surface area (Å²) in [5.74, 6) is 0.176. The lowest BCUT2D eigenvalue weighted by atomic mass is 10.2. The van der Waals surface area contributed by atoms with E-state index in [1.165, 1.54) is 18.0 Å². The summed E-state index contributed by atoms with van der Waals surface area (Å²) in [4.78, 5) is 13.3. The van der Waals surface area contributed by atoms with E-state index >= 15 is 0 Å². The molecule has 0 spiro atoms. The van der Waals surface area contributed by atoms with Crippen LogP contribution in [0.15, 0.2) is 18.2 Å². The first-order chi connectivity index (χ1) is 11.0. The normalized spacial score (nSPS) is 11.0. The molecule has 2 rings (SSSR count). The Morgan fingerprint density at radius 3 is 2.91 bits per heavy atom. The number of halogens is 2. The molecule has 1 aromatic carbocycles. The predicted molar refractivity (Wildman–Crippen MR) is 88.8 cm³/mol. The number of tetrazole rings is 1. The smallest absolute Gasteiger partial charge is 0.270 e. The Bertz CT molecular complexity index is 730. The van der Waals surface area contributed by atoms with Gasteiger partial charge in [-0.3, -0.25) is 10.1 Å². The van der Waals surface area contributed by atoms with Gasteiger partial charge in [-0.05, 0) is 29.8 Å². The number of hydrogen-bond donors (Lipinski definition) is 1. The zero-order valence-electron chi connectivity index (χ0n) is 12.6. The molecule has 0 saturated carbocycles. The molecule has 1 N–H and O–H groups in total. The first-order valence-corrected chi connectivity index (χ1v) is 7.59. The molecule has 2 aromatic rings. The standard InChI is InChI=1S/C14H15Cl2N5O2/c1-3-6-21-19-14(18-20-21)17-12(22)5-4-9-7-10(15)8-11(16)13(9)23-2/h4-5,7-8H,3,6H2,1-2H3,(H,17,19,22)/b5-4+.